The van der Waals surface area contributed by atoms with Crippen LogP contribution in [-0.2, 0) is 5.41 Å². The van der Waals surface area contributed by atoms with Crippen molar-refractivity contribution in [2.24, 2.45) is 0 Å². The Labute approximate surface area is 353 Å². The second-order valence-corrected chi connectivity index (χ2v) is 17.6. The maximum absolute atomic E-state index is 2.47. The summed E-state index contributed by atoms with van der Waals surface area (Å²) < 4.78 is 5.00. The minimum atomic E-state index is -0.203. The second-order valence-electron chi connectivity index (χ2n) is 16.5. The average Bonchev–Trinajstić information content (AvgIpc) is 3.92. The maximum Gasteiger partial charge on any atom is 0.0541 e. The smallest absolute Gasteiger partial charge is 0.0541 e. The number of fused-ring (bicyclic) bond motifs is 9. The summed E-state index contributed by atoms with van der Waals surface area (Å²) >= 11 is 1.87. The molecule has 11 aromatic rings. The minimum Gasteiger partial charge on any atom is -0.310 e. The van der Waals surface area contributed by atoms with Crippen LogP contribution in [0.4, 0.5) is 17.1 Å². The van der Waals surface area contributed by atoms with Crippen LogP contribution in [0.2, 0.25) is 0 Å². The molecule has 60 heavy (non-hydrogen) atoms. The Morgan fingerprint density at radius 2 is 1.02 bits per heavy atom. The zero-order valence-corrected chi connectivity index (χ0v) is 34.2. The van der Waals surface area contributed by atoms with Crippen molar-refractivity contribution >= 4 is 70.4 Å². The lowest BCUT2D eigenvalue weighted by Crippen LogP contribution is -2.17. The van der Waals surface area contributed by atoms with Crippen molar-refractivity contribution in [2.75, 3.05) is 4.90 Å². The molecule has 1 aliphatic carbocycles. The molecule has 0 atom stereocenters. The van der Waals surface area contributed by atoms with Crippen LogP contribution in [0.3, 0.4) is 0 Å². The zero-order chi connectivity index (χ0) is 40.0. The summed E-state index contributed by atoms with van der Waals surface area (Å²) in [5.41, 5.74) is 17.0. The molecule has 12 rings (SSSR count). The lowest BCUT2D eigenvalue weighted by molar-refractivity contribution is 0.662. The molecule has 284 valence electrons. The SMILES string of the molecule is CC1(C)c2ccccc2-c2cc(N(c3ccc(-c4ccccc4)cc3)c3ccc4c(c3)sc3ccccc34)cc(-c3ccc4c(c3)c3ccccc3n4-c3ccccc3)c21. The van der Waals surface area contributed by atoms with E-state index in [0.29, 0.717) is 0 Å². The van der Waals surface area contributed by atoms with E-state index in [-0.39, 0.29) is 5.41 Å². The molecule has 0 saturated heterocycles. The van der Waals surface area contributed by atoms with Gasteiger partial charge in [0.05, 0.1) is 11.0 Å². The number of nitrogens with zero attached hydrogens (tertiary/aromatic N) is 2. The summed E-state index contributed by atoms with van der Waals surface area (Å²) in [6, 6.07) is 76.2. The van der Waals surface area contributed by atoms with Crippen molar-refractivity contribution < 1.29 is 0 Å². The van der Waals surface area contributed by atoms with E-state index in [4.69, 9.17) is 0 Å². The molecule has 0 amide bonds. The fraction of sp³-hybridized carbons (Fsp3) is 0.0526. The van der Waals surface area contributed by atoms with Gasteiger partial charge in [-0.05, 0) is 117 Å². The summed E-state index contributed by atoms with van der Waals surface area (Å²) in [5, 5.41) is 5.12. The van der Waals surface area contributed by atoms with Crippen LogP contribution >= 0.6 is 11.3 Å². The third-order valence-corrected chi connectivity index (χ3v) is 13.9. The van der Waals surface area contributed by atoms with Crippen LogP contribution in [0.1, 0.15) is 25.0 Å². The first-order valence-corrected chi connectivity index (χ1v) is 21.6. The zero-order valence-electron chi connectivity index (χ0n) is 33.4. The lowest BCUT2D eigenvalue weighted by atomic mass is 9.78. The average molecular weight is 785 g/mol. The molecule has 0 N–H and O–H groups in total. The quantitative estimate of drug-likeness (QED) is 0.163. The first-order chi connectivity index (χ1) is 29.5. The van der Waals surface area contributed by atoms with E-state index in [1.807, 2.05) is 11.3 Å². The number of benzene rings is 9. The highest BCUT2D eigenvalue weighted by Crippen LogP contribution is 2.55. The maximum atomic E-state index is 2.47. The molecule has 2 nitrogen and oxygen atoms in total. The molecular formula is C57H40N2S. The third kappa shape index (κ3) is 5.33. The molecule has 2 aromatic heterocycles. The molecule has 0 bridgehead atoms. The molecule has 0 fully saturated rings. The lowest BCUT2D eigenvalue weighted by Gasteiger charge is -2.29. The Morgan fingerprint density at radius 1 is 0.400 bits per heavy atom. The molecule has 2 heterocycles. The van der Waals surface area contributed by atoms with Gasteiger partial charge in [-0.2, -0.15) is 0 Å². The van der Waals surface area contributed by atoms with Gasteiger partial charge in [0.2, 0.25) is 0 Å². The predicted molar refractivity (Wildman–Crippen MR) is 257 cm³/mol. The highest BCUT2D eigenvalue weighted by Gasteiger charge is 2.38. The van der Waals surface area contributed by atoms with E-state index in [1.165, 1.54) is 92.2 Å². The number of thiophene rings is 1. The molecule has 0 radical (unpaired) electrons. The number of anilines is 3. The third-order valence-electron chi connectivity index (χ3n) is 12.7. The van der Waals surface area contributed by atoms with Gasteiger partial charge in [-0.15, -0.1) is 11.3 Å². The van der Waals surface area contributed by atoms with Gasteiger partial charge in [-0.3, -0.25) is 0 Å². The molecule has 0 unspecified atom stereocenters. The number of rotatable bonds is 6. The largest absolute Gasteiger partial charge is 0.310 e. The molecule has 9 aromatic carbocycles. The van der Waals surface area contributed by atoms with E-state index in [9.17, 15) is 0 Å². The number of hydrogen-bond acceptors (Lipinski definition) is 2. The molecule has 0 spiro atoms. The molecule has 3 heteroatoms. The van der Waals surface area contributed by atoms with Crippen LogP contribution in [-0.4, -0.2) is 4.57 Å². The van der Waals surface area contributed by atoms with E-state index in [0.717, 1.165) is 17.1 Å². The molecular weight excluding hydrogens is 745 g/mol. The highest BCUT2D eigenvalue weighted by molar-refractivity contribution is 7.25. The van der Waals surface area contributed by atoms with Crippen LogP contribution in [0.15, 0.2) is 206 Å². The predicted octanol–water partition coefficient (Wildman–Crippen LogP) is 16.3. The molecule has 0 aliphatic heterocycles. The van der Waals surface area contributed by atoms with Crippen LogP contribution in [0, 0.1) is 0 Å². The summed E-state index contributed by atoms with van der Waals surface area (Å²) in [4.78, 5) is 2.47. The number of hydrogen-bond donors (Lipinski definition) is 0. The monoisotopic (exact) mass is 784 g/mol. The van der Waals surface area contributed by atoms with Crippen molar-refractivity contribution in [1.82, 2.24) is 4.57 Å². The minimum absolute atomic E-state index is 0.203. The van der Waals surface area contributed by atoms with Gasteiger partial charge in [-0.1, -0.05) is 147 Å². The van der Waals surface area contributed by atoms with Crippen molar-refractivity contribution in [3.63, 3.8) is 0 Å². The fourth-order valence-electron chi connectivity index (χ4n) is 10.00. The summed E-state index contributed by atoms with van der Waals surface area (Å²) in [7, 11) is 0. The van der Waals surface area contributed by atoms with Gasteiger partial charge in [-0.25, -0.2) is 0 Å². The Hall–Kier alpha value is -7.20. The van der Waals surface area contributed by atoms with E-state index in [1.54, 1.807) is 0 Å². The molecule has 1 aliphatic rings. The summed E-state index contributed by atoms with van der Waals surface area (Å²) in [5.74, 6) is 0. The van der Waals surface area contributed by atoms with Crippen LogP contribution < -0.4 is 4.90 Å². The van der Waals surface area contributed by atoms with E-state index >= 15 is 0 Å². The Bertz CT molecular complexity index is 3450. The first kappa shape index (κ1) is 34.8. The standard InChI is InChI=1S/C57H40N2S/c1-57(2)51-22-12-9-19-44(51)50-35-43(34-48(56(50)57)39-27-32-53-49(33-39)45-20-10-13-23-52(45)59(53)40-17-7-4-8-18-40)58(41-28-25-38(26-29-41)37-15-5-3-6-16-37)42-30-31-47-46-21-11-14-24-54(46)60-55(47)36-42/h3-36H,1-2H3. The van der Waals surface area contributed by atoms with Crippen molar-refractivity contribution in [1.29, 1.82) is 0 Å². The van der Waals surface area contributed by atoms with Gasteiger partial charge in [0.25, 0.3) is 0 Å². The number of para-hydroxylation sites is 2. The van der Waals surface area contributed by atoms with Gasteiger partial charge >= 0.3 is 0 Å². The van der Waals surface area contributed by atoms with Crippen molar-refractivity contribution in [2.45, 2.75) is 19.3 Å². The first-order valence-electron chi connectivity index (χ1n) is 20.8. The van der Waals surface area contributed by atoms with Gasteiger partial charge in [0, 0.05) is 59.1 Å². The van der Waals surface area contributed by atoms with E-state index in [2.05, 4.69) is 230 Å². The van der Waals surface area contributed by atoms with Crippen molar-refractivity contribution in [3.05, 3.63) is 217 Å². The van der Waals surface area contributed by atoms with Crippen LogP contribution in [0.5, 0.6) is 0 Å². The highest BCUT2D eigenvalue weighted by atomic mass is 32.1. The Balaban J connectivity index is 1.12. The van der Waals surface area contributed by atoms with Crippen molar-refractivity contribution in [3.8, 4) is 39.1 Å². The van der Waals surface area contributed by atoms with Gasteiger partial charge in [0.15, 0.2) is 0 Å². The van der Waals surface area contributed by atoms with Gasteiger partial charge < -0.3 is 9.47 Å². The molecule has 0 saturated carbocycles. The fourth-order valence-corrected chi connectivity index (χ4v) is 11.1. The Morgan fingerprint density at radius 3 is 1.85 bits per heavy atom. The summed E-state index contributed by atoms with van der Waals surface area (Å²) in [6.07, 6.45) is 0. The van der Waals surface area contributed by atoms with Crippen LogP contribution in [0.25, 0.3) is 81.0 Å². The number of aromatic nitrogens is 1. The second kappa shape index (κ2) is 13.4. The van der Waals surface area contributed by atoms with Gasteiger partial charge in [0.1, 0.15) is 0 Å². The normalized spacial score (nSPS) is 13.0. The summed E-state index contributed by atoms with van der Waals surface area (Å²) in [6.45, 7) is 4.80. The van der Waals surface area contributed by atoms with E-state index < -0.39 is 0 Å². The topological polar surface area (TPSA) is 8.17 Å². The Kier molecular flexibility index (Phi) is 7.79.